The number of rotatable bonds is 2. The highest BCUT2D eigenvalue weighted by Crippen LogP contribution is 2.37. The van der Waals surface area contributed by atoms with Crippen molar-refractivity contribution in [2.75, 3.05) is 0 Å². The Balaban J connectivity index is 2.20. The lowest BCUT2D eigenvalue weighted by Gasteiger charge is -2.09. The predicted molar refractivity (Wildman–Crippen MR) is 54.1 cm³/mol. The topological polar surface area (TPSA) is 38.9 Å². The van der Waals surface area contributed by atoms with Gasteiger partial charge in [0.15, 0.2) is 0 Å². The van der Waals surface area contributed by atoms with Crippen LogP contribution in [0.4, 0.5) is 0 Å². The summed E-state index contributed by atoms with van der Waals surface area (Å²) in [6, 6.07) is 1.66. The third-order valence-corrected chi connectivity index (χ3v) is 2.89. The van der Waals surface area contributed by atoms with Gasteiger partial charge in [-0.15, -0.1) is 0 Å². The second kappa shape index (κ2) is 3.12. The normalized spacial score (nSPS) is 18.7. The lowest BCUT2D eigenvalue weighted by atomic mass is 10.1. The van der Waals surface area contributed by atoms with E-state index < -0.39 is 0 Å². The molecule has 1 fully saturated rings. The molecule has 0 atom stereocenters. The van der Waals surface area contributed by atoms with Gasteiger partial charge >= 0.3 is 0 Å². The third-order valence-electron chi connectivity index (χ3n) is 2.33. The molecule has 0 radical (unpaired) electrons. The number of hydrogen-bond acceptors (Lipinski definition) is 2. The molecule has 2 rings (SSSR count). The average Bonchev–Trinajstić information content (AvgIpc) is 2.75. The highest BCUT2D eigenvalue weighted by Gasteiger charge is 2.38. The van der Waals surface area contributed by atoms with Gasteiger partial charge in [0.1, 0.15) is 5.15 Å². The van der Waals surface area contributed by atoms with Crippen molar-refractivity contribution in [1.82, 2.24) is 4.98 Å². The minimum absolute atomic E-state index is 0.0286. The largest absolute Gasteiger partial charge is 0.325 e. The van der Waals surface area contributed by atoms with Crippen LogP contribution in [0.25, 0.3) is 0 Å². The number of pyridine rings is 1. The maximum absolute atomic E-state index is 5.98. The van der Waals surface area contributed by atoms with Crippen LogP contribution in [0, 0.1) is 0 Å². The minimum atomic E-state index is -0.0286. The molecular formula is C9H10Cl2N2. The summed E-state index contributed by atoms with van der Waals surface area (Å²) >= 11 is 11.7. The summed E-state index contributed by atoms with van der Waals surface area (Å²) in [6.07, 6.45) is 4.66. The standard InChI is InChI=1S/C9H10Cl2N2/c10-7-3-8(11)13-5-6(7)4-9(12)1-2-9/h3,5H,1-2,4,12H2. The molecule has 1 aromatic heterocycles. The van der Waals surface area contributed by atoms with Crippen molar-refractivity contribution in [3.05, 3.63) is 28.0 Å². The first kappa shape index (κ1) is 9.25. The van der Waals surface area contributed by atoms with E-state index in [1.54, 1.807) is 12.3 Å². The summed E-state index contributed by atoms with van der Waals surface area (Å²) in [4.78, 5) is 3.98. The molecule has 1 heterocycles. The molecule has 1 aliphatic rings. The zero-order valence-electron chi connectivity index (χ0n) is 7.06. The molecule has 0 saturated heterocycles. The van der Waals surface area contributed by atoms with Crippen molar-refractivity contribution in [2.45, 2.75) is 24.8 Å². The highest BCUT2D eigenvalue weighted by atomic mass is 35.5. The molecule has 4 heteroatoms. The molecule has 0 amide bonds. The molecule has 1 aromatic rings. The average molecular weight is 217 g/mol. The molecule has 1 aliphatic carbocycles. The van der Waals surface area contributed by atoms with Crippen LogP contribution >= 0.6 is 23.2 Å². The van der Waals surface area contributed by atoms with Gasteiger partial charge in [0.2, 0.25) is 0 Å². The Morgan fingerprint density at radius 1 is 1.46 bits per heavy atom. The van der Waals surface area contributed by atoms with Crippen molar-refractivity contribution < 1.29 is 0 Å². The van der Waals surface area contributed by atoms with E-state index in [-0.39, 0.29) is 5.54 Å². The van der Waals surface area contributed by atoms with Crippen LogP contribution < -0.4 is 5.73 Å². The fourth-order valence-corrected chi connectivity index (χ4v) is 1.72. The molecule has 2 nitrogen and oxygen atoms in total. The van der Waals surface area contributed by atoms with Crippen molar-refractivity contribution in [3.8, 4) is 0 Å². The SMILES string of the molecule is NC1(Cc2cnc(Cl)cc2Cl)CC1. The van der Waals surface area contributed by atoms with Gasteiger partial charge in [-0.3, -0.25) is 0 Å². The smallest absolute Gasteiger partial charge is 0.130 e. The quantitative estimate of drug-likeness (QED) is 0.772. The van der Waals surface area contributed by atoms with Gasteiger partial charge in [0, 0.05) is 16.8 Å². The van der Waals surface area contributed by atoms with E-state index in [4.69, 9.17) is 28.9 Å². The second-order valence-electron chi connectivity index (χ2n) is 3.64. The van der Waals surface area contributed by atoms with Gasteiger partial charge in [0.05, 0.1) is 0 Å². The number of hydrogen-bond donors (Lipinski definition) is 1. The van der Waals surface area contributed by atoms with E-state index in [1.807, 2.05) is 0 Å². The number of nitrogens with two attached hydrogens (primary N) is 1. The molecular weight excluding hydrogens is 207 g/mol. The van der Waals surface area contributed by atoms with Gasteiger partial charge in [-0.05, 0) is 30.9 Å². The Morgan fingerprint density at radius 2 is 2.15 bits per heavy atom. The van der Waals surface area contributed by atoms with Crippen LogP contribution in [-0.2, 0) is 6.42 Å². The molecule has 0 bridgehead atoms. The Kier molecular flexibility index (Phi) is 2.22. The number of nitrogens with zero attached hydrogens (tertiary/aromatic N) is 1. The summed E-state index contributed by atoms with van der Waals surface area (Å²) in [5, 5.41) is 1.09. The zero-order valence-corrected chi connectivity index (χ0v) is 8.57. The Labute approximate surface area is 87.1 Å². The van der Waals surface area contributed by atoms with E-state index in [0.29, 0.717) is 10.2 Å². The molecule has 2 N–H and O–H groups in total. The predicted octanol–water partition coefficient (Wildman–Crippen LogP) is 2.42. The highest BCUT2D eigenvalue weighted by molar-refractivity contribution is 6.34. The van der Waals surface area contributed by atoms with Crippen LogP contribution in [0.5, 0.6) is 0 Å². The Hall–Kier alpha value is -0.310. The van der Waals surface area contributed by atoms with Crippen LogP contribution in [0.1, 0.15) is 18.4 Å². The molecule has 0 unspecified atom stereocenters. The van der Waals surface area contributed by atoms with Crippen molar-refractivity contribution in [1.29, 1.82) is 0 Å². The van der Waals surface area contributed by atoms with Gasteiger partial charge < -0.3 is 5.73 Å². The van der Waals surface area contributed by atoms with Gasteiger partial charge in [0.25, 0.3) is 0 Å². The summed E-state index contributed by atoms with van der Waals surface area (Å²) < 4.78 is 0. The monoisotopic (exact) mass is 216 g/mol. The lowest BCUT2D eigenvalue weighted by Crippen LogP contribution is -2.24. The summed E-state index contributed by atoms with van der Waals surface area (Å²) in [5.41, 5.74) is 6.93. The van der Waals surface area contributed by atoms with E-state index >= 15 is 0 Å². The van der Waals surface area contributed by atoms with Crippen LogP contribution in [0.3, 0.4) is 0 Å². The molecule has 13 heavy (non-hydrogen) atoms. The van der Waals surface area contributed by atoms with Crippen LogP contribution in [-0.4, -0.2) is 10.5 Å². The van der Waals surface area contributed by atoms with E-state index in [1.165, 1.54) is 0 Å². The van der Waals surface area contributed by atoms with Crippen LogP contribution in [0.2, 0.25) is 10.2 Å². The second-order valence-corrected chi connectivity index (χ2v) is 4.43. The Morgan fingerprint density at radius 3 is 2.69 bits per heavy atom. The minimum Gasteiger partial charge on any atom is -0.325 e. The van der Waals surface area contributed by atoms with Gasteiger partial charge in [-0.2, -0.15) is 0 Å². The summed E-state index contributed by atoms with van der Waals surface area (Å²) in [6.45, 7) is 0. The van der Waals surface area contributed by atoms with Crippen molar-refractivity contribution in [3.63, 3.8) is 0 Å². The summed E-state index contributed by atoms with van der Waals surface area (Å²) in [7, 11) is 0. The molecule has 70 valence electrons. The summed E-state index contributed by atoms with van der Waals surface area (Å²) in [5.74, 6) is 0. The molecule has 0 aromatic carbocycles. The fourth-order valence-electron chi connectivity index (χ4n) is 1.28. The fraction of sp³-hybridized carbons (Fsp3) is 0.444. The van der Waals surface area contributed by atoms with Crippen molar-refractivity contribution >= 4 is 23.2 Å². The third kappa shape index (κ3) is 2.13. The molecule has 0 aliphatic heterocycles. The number of aromatic nitrogens is 1. The van der Waals surface area contributed by atoms with E-state index in [2.05, 4.69) is 4.98 Å². The first-order valence-electron chi connectivity index (χ1n) is 4.18. The van der Waals surface area contributed by atoms with E-state index in [9.17, 15) is 0 Å². The lowest BCUT2D eigenvalue weighted by molar-refractivity contribution is 0.670. The maximum Gasteiger partial charge on any atom is 0.130 e. The van der Waals surface area contributed by atoms with E-state index in [0.717, 1.165) is 24.8 Å². The van der Waals surface area contributed by atoms with Gasteiger partial charge in [-0.25, -0.2) is 4.98 Å². The first-order chi connectivity index (χ1) is 6.09. The molecule has 0 spiro atoms. The maximum atomic E-state index is 5.98. The number of halogens is 2. The van der Waals surface area contributed by atoms with Crippen LogP contribution in [0.15, 0.2) is 12.3 Å². The first-order valence-corrected chi connectivity index (χ1v) is 4.93. The van der Waals surface area contributed by atoms with Gasteiger partial charge in [-0.1, -0.05) is 23.2 Å². The zero-order chi connectivity index (χ0) is 9.47. The molecule has 1 saturated carbocycles. The Bertz CT molecular complexity index is 334. The van der Waals surface area contributed by atoms with Crippen molar-refractivity contribution in [2.24, 2.45) is 5.73 Å².